The lowest BCUT2D eigenvalue weighted by Gasteiger charge is -2.19. The van der Waals surface area contributed by atoms with Crippen molar-refractivity contribution >= 4 is 24.0 Å². The van der Waals surface area contributed by atoms with Crippen molar-refractivity contribution in [2.24, 2.45) is 0 Å². The molecular weight excluding hydrogens is 237 g/mol. The number of rotatable bonds is 3. The second kappa shape index (κ2) is 6.40. The molecule has 0 aliphatic rings. The van der Waals surface area contributed by atoms with E-state index >= 15 is 0 Å². The summed E-state index contributed by atoms with van der Waals surface area (Å²) in [5.74, 6) is 0. The van der Waals surface area contributed by atoms with E-state index < -0.39 is 0 Å². The molecule has 0 saturated heterocycles. The maximum absolute atomic E-state index is 3.42. The Kier molecular flexibility index (Phi) is 8.51. The fourth-order valence-corrected chi connectivity index (χ4v) is 0.640. The maximum atomic E-state index is 3.42. The van der Waals surface area contributed by atoms with E-state index in [9.17, 15) is 0 Å². The van der Waals surface area contributed by atoms with Crippen LogP contribution in [-0.2, 0) is 0 Å². The normalized spacial score (nSPS) is 10.8. The molecule has 0 unspecified atom stereocenters. The van der Waals surface area contributed by atoms with Gasteiger partial charge in [-0.15, -0.1) is 24.0 Å². The van der Waals surface area contributed by atoms with Crippen LogP contribution in [0, 0.1) is 0 Å². The smallest absolute Gasteiger partial charge is 0.00965 e. The molecule has 0 spiro atoms. The molecule has 0 aromatic rings. The minimum absolute atomic E-state index is 0. The van der Waals surface area contributed by atoms with Gasteiger partial charge < -0.3 is 5.32 Å². The van der Waals surface area contributed by atoms with Gasteiger partial charge in [0.15, 0.2) is 0 Å². The predicted octanol–water partition coefficient (Wildman–Crippen LogP) is 2.79. The summed E-state index contributed by atoms with van der Waals surface area (Å²) in [6, 6.07) is 0. The third-order valence-electron chi connectivity index (χ3n) is 1.19. The number of hydrogen-bond donors (Lipinski definition) is 1. The van der Waals surface area contributed by atoms with Crippen molar-refractivity contribution in [1.29, 1.82) is 0 Å². The zero-order valence-electron chi connectivity index (χ0n) is 7.53. The average Bonchev–Trinajstić information content (AvgIpc) is 1.63. The van der Waals surface area contributed by atoms with E-state index in [0.29, 0.717) is 5.54 Å². The Bertz CT molecular complexity index is 66.1. The van der Waals surface area contributed by atoms with Crippen LogP contribution in [0.25, 0.3) is 0 Å². The van der Waals surface area contributed by atoms with Crippen molar-refractivity contribution < 1.29 is 0 Å². The average molecular weight is 257 g/mol. The van der Waals surface area contributed by atoms with E-state index in [1.165, 1.54) is 12.8 Å². The topological polar surface area (TPSA) is 12.0 Å². The lowest BCUT2D eigenvalue weighted by atomic mass is 10.1. The fraction of sp³-hybridized carbons (Fsp3) is 1.00. The molecule has 0 fully saturated rings. The van der Waals surface area contributed by atoms with Crippen molar-refractivity contribution in [3.63, 3.8) is 0 Å². The molecule has 1 N–H and O–H groups in total. The first-order valence-corrected chi connectivity index (χ1v) is 3.81. The fourth-order valence-electron chi connectivity index (χ4n) is 0.640. The molecule has 0 aliphatic heterocycles. The van der Waals surface area contributed by atoms with Crippen LogP contribution in [0.3, 0.4) is 0 Å². The van der Waals surface area contributed by atoms with E-state index in [1.807, 2.05) is 0 Å². The molecule has 0 atom stereocenters. The molecule has 0 aromatic heterocycles. The Morgan fingerprint density at radius 1 is 1.20 bits per heavy atom. The van der Waals surface area contributed by atoms with Crippen molar-refractivity contribution in [1.82, 2.24) is 5.32 Å². The summed E-state index contributed by atoms with van der Waals surface area (Å²) in [4.78, 5) is 0. The minimum atomic E-state index is 0. The summed E-state index contributed by atoms with van der Waals surface area (Å²) < 4.78 is 0. The SMILES string of the molecule is CCCCNC(C)(C)C.I. The van der Waals surface area contributed by atoms with Gasteiger partial charge in [-0.3, -0.25) is 0 Å². The highest BCUT2D eigenvalue weighted by atomic mass is 127. The van der Waals surface area contributed by atoms with Crippen LogP contribution < -0.4 is 5.32 Å². The summed E-state index contributed by atoms with van der Waals surface area (Å²) in [6.45, 7) is 9.96. The Balaban J connectivity index is 0. The van der Waals surface area contributed by atoms with Crippen LogP contribution in [0.5, 0.6) is 0 Å². The lowest BCUT2D eigenvalue weighted by molar-refractivity contribution is 0.421. The van der Waals surface area contributed by atoms with Crippen molar-refractivity contribution in [2.75, 3.05) is 6.54 Å². The van der Waals surface area contributed by atoms with Gasteiger partial charge in [-0.1, -0.05) is 13.3 Å². The maximum Gasteiger partial charge on any atom is 0.00965 e. The largest absolute Gasteiger partial charge is 0.312 e. The molecule has 0 heterocycles. The van der Waals surface area contributed by atoms with Crippen LogP contribution in [-0.4, -0.2) is 12.1 Å². The van der Waals surface area contributed by atoms with Crippen molar-refractivity contribution in [3.05, 3.63) is 0 Å². The molecule has 0 radical (unpaired) electrons. The van der Waals surface area contributed by atoms with Crippen molar-refractivity contribution in [3.8, 4) is 0 Å². The summed E-state index contributed by atoms with van der Waals surface area (Å²) in [5.41, 5.74) is 0.301. The standard InChI is InChI=1S/C8H19N.HI/c1-5-6-7-9-8(2,3)4;/h9H,5-7H2,1-4H3;1H. The van der Waals surface area contributed by atoms with Gasteiger partial charge in [-0.2, -0.15) is 0 Å². The first-order chi connectivity index (χ1) is 4.06. The molecule has 2 heteroatoms. The van der Waals surface area contributed by atoms with Crippen LogP contribution in [0.1, 0.15) is 40.5 Å². The van der Waals surface area contributed by atoms with Gasteiger partial charge in [0.1, 0.15) is 0 Å². The second-order valence-corrected chi connectivity index (χ2v) is 3.53. The third-order valence-corrected chi connectivity index (χ3v) is 1.19. The summed E-state index contributed by atoms with van der Waals surface area (Å²) in [6.07, 6.45) is 2.57. The number of halogens is 1. The molecule has 0 aliphatic carbocycles. The van der Waals surface area contributed by atoms with Gasteiger partial charge in [0.2, 0.25) is 0 Å². The van der Waals surface area contributed by atoms with Crippen LogP contribution >= 0.6 is 24.0 Å². The van der Waals surface area contributed by atoms with Gasteiger partial charge in [0.05, 0.1) is 0 Å². The molecule has 64 valence electrons. The highest BCUT2D eigenvalue weighted by molar-refractivity contribution is 14.0. The Hall–Kier alpha value is 0.690. The highest BCUT2D eigenvalue weighted by Gasteiger charge is 2.05. The Morgan fingerprint density at radius 2 is 1.70 bits per heavy atom. The molecular formula is C8H20IN. The van der Waals surface area contributed by atoms with Gasteiger partial charge in [-0.25, -0.2) is 0 Å². The van der Waals surface area contributed by atoms with E-state index in [-0.39, 0.29) is 24.0 Å². The second-order valence-electron chi connectivity index (χ2n) is 3.53. The summed E-state index contributed by atoms with van der Waals surface area (Å²) in [7, 11) is 0. The summed E-state index contributed by atoms with van der Waals surface area (Å²) >= 11 is 0. The quantitative estimate of drug-likeness (QED) is 0.605. The van der Waals surface area contributed by atoms with Gasteiger partial charge in [0, 0.05) is 5.54 Å². The van der Waals surface area contributed by atoms with Crippen LogP contribution in [0.4, 0.5) is 0 Å². The van der Waals surface area contributed by atoms with Crippen LogP contribution in [0.2, 0.25) is 0 Å². The Morgan fingerprint density at radius 3 is 2.00 bits per heavy atom. The Labute approximate surface area is 82.0 Å². The number of unbranched alkanes of at least 4 members (excludes halogenated alkanes) is 1. The zero-order chi connectivity index (χ0) is 7.33. The van der Waals surface area contributed by atoms with Crippen LogP contribution in [0.15, 0.2) is 0 Å². The number of hydrogen-bond acceptors (Lipinski definition) is 1. The monoisotopic (exact) mass is 257 g/mol. The highest BCUT2D eigenvalue weighted by Crippen LogP contribution is 1.98. The van der Waals surface area contributed by atoms with E-state index in [0.717, 1.165) is 6.54 Å². The summed E-state index contributed by atoms with van der Waals surface area (Å²) in [5, 5.41) is 3.42. The molecule has 0 rings (SSSR count). The molecule has 0 aromatic carbocycles. The van der Waals surface area contributed by atoms with Gasteiger partial charge >= 0.3 is 0 Å². The van der Waals surface area contributed by atoms with Gasteiger partial charge in [-0.05, 0) is 33.7 Å². The van der Waals surface area contributed by atoms with E-state index in [2.05, 4.69) is 33.0 Å². The van der Waals surface area contributed by atoms with Crippen molar-refractivity contribution in [2.45, 2.75) is 46.1 Å². The first kappa shape index (κ1) is 13.3. The van der Waals surface area contributed by atoms with E-state index in [4.69, 9.17) is 0 Å². The predicted molar refractivity (Wildman–Crippen MR) is 58.1 cm³/mol. The minimum Gasteiger partial charge on any atom is -0.312 e. The zero-order valence-corrected chi connectivity index (χ0v) is 9.86. The van der Waals surface area contributed by atoms with Gasteiger partial charge in [0.25, 0.3) is 0 Å². The molecule has 0 saturated carbocycles. The third kappa shape index (κ3) is 11.5. The molecule has 0 amide bonds. The molecule has 10 heavy (non-hydrogen) atoms. The lowest BCUT2D eigenvalue weighted by Crippen LogP contribution is -2.36. The van der Waals surface area contributed by atoms with E-state index in [1.54, 1.807) is 0 Å². The first-order valence-electron chi connectivity index (χ1n) is 3.81. The molecule has 0 bridgehead atoms. The molecule has 1 nitrogen and oxygen atoms in total. The number of nitrogens with one attached hydrogen (secondary N) is 1.